The molecule has 122 valence electrons. The lowest BCUT2D eigenvalue weighted by atomic mass is 10.3. The molecule has 0 bridgehead atoms. The highest BCUT2D eigenvalue weighted by Crippen LogP contribution is 2.08. The van der Waals surface area contributed by atoms with E-state index < -0.39 is 0 Å². The third kappa shape index (κ3) is 6.91. The number of hydrogen-bond acceptors (Lipinski definition) is 4. The van der Waals surface area contributed by atoms with Gasteiger partial charge in [-0.05, 0) is 31.5 Å². The second-order valence-electron chi connectivity index (χ2n) is 5.42. The van der Waals surface area contributed by atoms with Crippen LogP contribution in [0.3, 0.4) is 0 Å². The van der Waals surface area contributed by atoms with Gasteiger partial charge in [0.05, 0.1) is 19.8 Å². The van der Waals surface area contributed by atoms with Crippen LogP contribution in [0.2, 0.25) is 0 Å². The van der Waals surface area contributed by atoms with Crippen LogP contribution in [-0.2, 0) is 9.53 Å². The maximum absolute atomic E-state index is 11.7. The van der Waals surface area contributed by atoms with Crippen LogP contribution in [0.15, 0.2) is 30.3 Å². The molecule has 1 amide bonds. The number of benzene rings is 1. The van der Waals surface area contributed by atoms with Crippen molar-refractivity contribution in [3.8, 4) is 5.75 Å². The molecule has 1 N–H and O–H groups in total. The molecule has 1 aromatic rings. The van der Waals surface area contributed by atoms with Crippen LogP contribution < -0.4 is 10.1 Å². The number of carbonyl (C=O) groups excluding carboxylic acids is 1. The maximum Gasteiger partial charge on any atom is 0.220 e. The first-order chi connectivity index (χ1) is 10.8. The van der Waals surface area contributed by atoms with E-state index in [1.165, 1.54) is 0 Å². The SMILES string of the molecule is O=C(CCCOc1ccccc1)NCCCN1CCOCC1. The van der Waals surface area contributed by atoms with E-state index in [1.54, 1.807) is 0 Å². The molecule has 1 heterocycles. The summed E-state index contributed by atoms with van der Waals surface area (Å²) >= 11 is 0. The molecule has 0 spiro atoms. The number of para-hydroxylation sites is 1. The zero-order valence-electron chi connectivity index (χ0n) is 13.1. The largest absolute Gasteiger partial charge is 0.494 e. The van der Waals surface area contributed by atoms with E-state index >= 15 is 0 Å². The molecule has 1 aliphatic rings. The molecular weight excluding hydrogens is 280 g/mol. The van der Waals surface area contributed by atoms with Crippen molar-refractivity contribution >= 4 is 5.91 Å². The van der Waals surface area contributed by atoms with E-state index in [2.05, 4.69) is 10.2 Å². The number of nitrogens with one attached hydrogen (secondary N) is 1. The first kappa shape index (κ1) is 16.8. The van der Waals surface area contributed by atoms with Gasteiger partial charge in [-0.15, -0.1) is 0 Å². The number of hydrogen-bond donors (Lipinski definition) is 1. The van der Waals surface area contributed by atoms with Crippen LogP contribution >= 0.6 is 0 Å². The smallest absolute Gasteiger partial charge is 0.220 e. The summed E-state index contributed by atoms with van der Waals surface area (Å²) in [5, 5.41) is 2.97. The standard InChI is InChI=1S/C17H26N2O3/c20-17(8-4-13-22-16-6-2-1-3-7-16)18-9-5-10-19-11-14-21-15-12-19/h1-3,6-7H,4-5,8-15H2,(H,18,20). The summed E-state index contributed by atoms with van der Waals surface area (Å²) in [7, 11) is 0. The molecule has 0 radical (unpaired) electrons. The molecule has 5 heteroatoms. The van der Waals surface area contributed by atoms with Gasteiger partial charge in [0.15, 0.2) is 0 Å². The molecule has 0 aliphatic carbocycles. The number of carbonyl (C=O) groups is 1. The molecule has 0 aromatic heterocycles. The number of morpholine rings is 1. The Morgan fingerprint density at radius 3 is 2.73 bits per heavy atom. The lowest BCUT2D eigenvalue weighted by Crippen LogP contribution is -2.38. The molecule has 0 saturated carbocycles. The predicted octanol–water partition coefficient (Wildman–Crippen LogP) is 1.68. The van der Waals surface area contributed by atoms with Gasteiger partial charge >= 0.3 is 0 Å². The molecule has 0 atom stereocenters. The second kappa shape index (κ2) is 10.2. The Bertz CT molecular complexity index is 419. The van der Waals surface area contributed by atoms with Crippen molar-refractivity contribution in [3.05, 3.63) is 30.3 Å². The summed E-state index contributed by atoms with van der Waals surface area (Å²) < 4.78 is 10.9. The summed E-state index contributed by atoms with van der Waals surface area (Å²) in [6, 6.07) is 9.68. The van der Waals surface area contributed by atoms with Crippen molar-refractivity contribution in [2.24, 2.45) is 0 Å². The van der Waals surface area contributed by atoms with Crippen molar-refractivity contribution in [3.63, 3.8) is 0 Å². The number of nitrogens with zero attached hydrogens (tertiary/aromatic N) is 1. The fourth-order valence-electron chi connectivity index (χ4n) is 2.38. The third-order valence-electron chi connectivity index (χ3n) is 3.64. The van der Waals surface area contributed by atoms with Gasteiger partial charge in [0.2, 0.25) is 5.91 Å². The van der Waals surface area contributed by atoms with Crippen LogP contribution in [0.25, 0.3) is 0 Å². The van der Waals surface area contributed by atoms with Crippen LogP contribution in [-0.4, -0.2) is 56.8 Å². The van der Waals surface area contributed by atoms with Crippen molar-refractivity contribution in [1.29, 1.82) is 0 Å². The monoisotopic (exact) mass is 306 g/mol. The van der Waals surface area contributed by atoms with E-state index in [-0.39, 0.29) is 5.91 Å². The Labute approximate surface area is 132 Å². The molecule has 2 rings (SSSR count). The molecule has 1 saturated heterocycles. The van der Waals surface area contributed by atoms with Gasteiger partial charge in [-0.25, -0.2) is 0 Å². The van der Waals surface area contributed by atoms with E-state index in [0.29, 0.717) is 13.0 Å². The van der Waals surface area contributed by atoms with E-state index in [9.17, 15) is 4.79 Å². The van der Waals surface area contributed by atoms with Crippen LogP contribution in [0, 0.1) is 0 Å². The highest BCUT2D eigenvalue weighted by molar-refractivity contribution is 5.75. The molecule has 22 heavy (non-hydrogen) atoms. The molecular formula is C17H26N2O3. The van der Waals surface area contributed by atoms with Crippen LogP contribution in [0.1, 0.15) is 19.3 Å². The lowest BCUT2D eigenvalue weighted by Gasteiger charge is -2.26. The van der Waals surface area contributed by atoms with E-state index in [1.807, 2.05) is 30.3 Å². The average molecular weight is 306 g/mol. The zero-order chi connectivity index (χ0) is 15.5. The lowest BCUT2D eigenvalue weighted by molar-refractivity contribution is -0.121. The minimum Gasteiger partial charge on any atom is -0.494 e. The first-order valence-corrected chi connectivity index (χ1v) is 8.09. The zero-order valence-corrected chi connectivity index (χ0v) is 13.1. The summed E-state index contributed by atoms with van der Waals surface area (Å²) in [5.41, 5.74) is 0. The number of rotatable bonds is 9. The van der Waals surface area contributed by atoms with Gasteiger partial charge in [-0.2, -0.15) is 0 Å². The molecule has 1 fully saturated rings. The van der Waals surface area contributed by atoms with E-state index in [0.717, 1.165) is 58.0 Å². The fourth-order valence-corrected chi connectivity index (χ4v) is 2.38. The second-order valence-corrected chi connectivity index (χ2v) is 5.42. The normalized spacial score (nSPS) is 15.5. The predicted molar refractivity (Wildman–Crippen MR) is 86.1 cm³/mol. The van der Waals surface area contributed by atoms with Crippen LogP contribution in [0.4, 0.5) is 0 Å². The Balaban J connectivity index is 1.44. The minimum absolute atomic E-state index is 0.110. The van der Waals surface area contributed by atoms with Crippen molar-refractivity contribution in [2.45, 2.75) is 19.3 Å². The van der Waals surface area contributed by atoms with Gasteiger partial charge in [-0.3, -0.25) is 9.69 Å². The molecule has 5 nitrogen and oxygen atoms in total. The van der Waals surface area contributed by atoms with Crippen molar-refractivity contribution in [2.75, 3.05) is 46.0 Å². The number of amides is 1. The highest BCUT2D eigenvalue weighted by Gasteiger charge is 2.09. The Morgan fingerprint density at radius 2 is 1.95 bits per heavy atom. The van der Waals surface area contributed by atoms with Gasteiger partial charge < -0.3 is 14.8 Å². The van der Waals surface area contributed by atoms with E-state index in [4.69, 9.17) is 9.47 Å². The summed E-state index contributed by atoms with van der Waals surface area (Å²) in [6.45, 7) is 6.01. The Morgan fingerprint density at radius 1 is 1.18 bits per heavy atom. The van der Waals surface area contributed by atoms with Gasteiger partial charge in [0, 0.05) is 26.1 Å². The van der Waals surface area contributed by atoms with Crippen molar-refractivity contribution in [1.82, 2.24) is 10.2 Å². The van der Waals surface area contributed by atoms with Gasteiger partial charge in [0.1, 0.15) is 5.75 Å². The number of ether oxygens (including phenoxy) is 2. The van der Waals surface area contributed by atoms with Crippen molar-refractivity contribution < 1.29 is 14.3 Å². The van der Waals surface area contributed by atoms with Gasteiger partial charge in [-0.1, -0.05) is 18.2 Å². The maximum atomic E-state index is 11.7. The third-order valence-corrected chi connectivity index (χ3v) is 3.64. The summed E-state index contributed by atoms with van der Waals surface area (Å²) in [6.07, 6.45) is 2.25. The van der Waals surface area contributed by atoms with Gasteiger partial charge in [0.25, 0.3) is 0 Å². The molecule has 0 unspecified atom stereocenters. The minimum atomic E-state index is 0.110. The topological polar surface area (TPSA) is 50.8 Å². The molecule has 1 aliphatic heterocycles. The summed E-state index contributed by atoms with van der Waals surface area (Å²) in [5.74, 6) is 0.965. The van der Waals surface area contributed by atoms with Crippen LogP contribution in [0.5, 0.6) is 5.75 Å². The Hall–Kier alpha value is -1.59. The molecule has 1 aromatic carbocycles. The average Bonchev–Trinajstić information content (AvgIpc) is 2.57. The Kier molecular flexibility index (Phi) is 7.77. The fraction of sp³-hybridized carbons (Fsp3) is 0.588. The summed E-state index contributed by atoms with van der Waals surface area (Å²) in [4.78, 5) is 14.1. The quantitative estimate of drug-likeness (QED) is 0.705. The first-order valence-electron chi connectivity index (χ1n) is 8.09. The highest BCUT2D eigenvalue weighted by atomic mass is 16.5.